The van der Waals surface area contributed by atoms with Crippen molar-refractivity contribution in [1.29, 1.82) is 0 Å². The van der Waals surface area contributed by atoms with Crippen LogP contribution in [0, 0.1) is 5.82 Å². The average Bonchev–Trinajstić information content (AvgIpc) is 2.28. The van der Waals surface area contributed by atoms with Gasteiger partial charge >= 0.3 is 6.61 Å². The summed E-state index contributed by atoms with van der Waals surface area (Å²) in [6, 6.07) is 3.45. The zero-order valence-corrected chi connectivity index (χ0v) is 9.31. The predicted octanol–water partition coefficient (Wildman–Crippen LogP) is 2.28. The van der Waals surface area contributed by atoms with Crippen molar-refractivity contribution < 1.29 is 22.7 Å². The number of amides is 1. The molecule has 0 aliphatic rings. The van der Waals surface area contributed by atoms with E-state index >= 15 is 0 Å². The maximum atomic E-state index is 13.2. The summed E-state index contributed by atoms with van der Waals surface area (Å²) in [6.45, 7) is -3.01. The zero-order chi connectivity index (χ0) is 12.8. The fraction of sp³-hybridized carbons (Fsp3) is 0.300. The molecule has 7 heteroatoms. The van der Waals surface area contributed by atoms with Gasteiger partial charge in [0, 0.05) is 6.54 Å². The van der Waals surface area contributed by atoms with Crippen molar-refractivity contribution in [2.45, 2.75) is 13.2 Å². The normalized spacial score (nSPS) is 10.4. The Kier molecular flexibility index (Phi) is 5.09. The average molecular weight is 268 g/mol. The standard InChI is InChI=1S/C10H9ClF3NO2/c11-4-9(16)15-5-6-1-2-8(7(12)3-6)17-10(13)14/h1-3,10H,4-5H2,(H,15,16). The van der Waals surface area contributed by atoms with Gasteiger partial charge < -0.3 is 10.1 Å². The van der Waals surface area contributed by atoms with E-state index < -0.39 is 24.1 Å². The molecule has 1 aromatic rings. The molecular formula is C10H9ClF3NO2. The number of benzene rings is 1. The smallest absolute Gasteiger partial charge is 0.387 e. The summed E-state index contributed by atoms with van der Waals surface area (Å²) in [5.41, 5.74) is 0.419. The summed E-state index contributed by atoms with van der Waals surface area (Å²) in [7, 11) is 0. The minimum absolute atomic E-state index is 0.0669. The Morgan fingerprint density at radius 3 is 2.71 bits per heavy atom. The van der Waals surface area contributed by atoms with Gasteiger partial charge in [0.1, 0.15) is 5.88 Å². The molecule has 1 N–H and O–H groups in total. The first-order chi connectivity index (χ1) is 8.02. The van der Waals surface area contributed by atoms with Gasteiger partial charge in [-0.15, -0.1) is 11.6 Å². The Hall–Kier alpha value is -1.43. The SMILES string of the molecule is O=C(CCl)NCc1ccc(OC(F)F)c(F)c1. The van der Waals surface area contributed by atoms with Gasteiger partial charge in [0.15, 0.2) is 11.6 Å². The maximum absolute atomic E-state index is 13.2. The highest BCUT2D eigenvalue weighted by Gasteiger charge is 2.10. The Labute approximate surface area is 101 Å². The van der Waals surface area contributed by atoms with E-state index in [9.17, 15) is 18.0 Å². The quantitative estimate of drug-likeness (QED) is 0.831. The van der Waals surface area contributed by atoms with Gasteiger partial charge in [-0.25, -0.2) is 4.39 Å². The van der Waals surface area contributed by atoms with Crippen LogP contribution in [-0.2, 0) is 11.3 Å². The number of carbonyl (C=O) groups excluding carboxylic acids is 1. The van der Waals surface area contributed by atoms with Crippen molar-refractivity contribution in [2.24, 2.45) is 0 Å². The van der Waals surface area contributed by atoms with Gasteiger partial charge in [0.25, 0.3) is 0 Å². The van der Waals surface area contributed by atoms with Crippen LogP contribution in [-0.4, -0.2) is 18.4 Å². The lowest BCUT2D eigenvalue weighted by molar-refractivity contribution is -0.118. The first-order valence-electron chi connectivity index (χ1n) is 4.59. The zero-order valence-electron chi connectivity index (χ0n) is 8.55. The maximum Gasteiger partial charge on any atom is 0.387 e. The molecule has 1 rings (SSSR count). The molecule has 0 aliphatic heterocycles. The van der Waals surface area contributed by atoms with Gasteiger partial charge in [-0.1, -0.05) is 6.07 Å². The van der Waals surface area contributed by atoms with Crippen LogP contribution in [0.1, 0.15) is 5.56 Å². The van der Waals surface area contributed by atoms with Gasteiger partial charge in [-0.3, -0.25) is 4.79 Å². The molecule has 0 fully saturated rings. The van der Waals surface area contributed by atoms with Crippen LogP contribution in [0.25, 0.3) is 0 Å². The van der Waals surface area contributed by atoms with Gasteiger partial charge in [0.05, 0.1) is 0 Å². The molecule has 1 aromatic carbocycles. The number of hydrogen-bond donors (Lipinski definition) is 1. The van der Waals surface area contributed by atoms with Gasteiger partial charge in [-0.05, 0) is 17.7 Å². The first-order valence-corrected chi connectivity index (χ1v) is 5.12. The van der Waals surface area contributed by atoms with Gasteiger partial charge in [-0.2, -0.15) is 8.78 Å². The molecule has 0 heterocycles. The Balaban J connectivity index is 2.65. The Morgan fingerprint density at radius 1 is 1.47 bits per heavy atom. The number of ether oxygens (including phenoxy) is 1. The van der Waals surface area contributed by atoms with Crippen LogP contribution in [0.5, 0.6) is 5.75 Å². The summed E-state index contributed by atoms with van der Waals surface area (Å²) < 4.78 is 40.8. The Morgan fingerprint density at radius 2 is 2.18 bits per heavy atom. The lowest BCUT2D eigenvalue weighted by atomic mass is 10.2. The van der Waals surface area contributed by atoms with E-state index in [-0.39, 0.29) is 12.4 Å². The van der Waals surface area contributed by atoms with Crippen molar-refractivity contribution in [1.82, 2.24) is 5.32 Å². The van der Waals surface area contributed by atoms with E-state index in [4.69, 9.17) is 11.6 Å². The van der Waals surface area contributed by atoms with Crippen LogP contribution in [0.2, 0.25) is 0 Å². The van der Waals surface area contributed by atoms with Crippen molar-refractivity contribution in [3.05, 3.63) is 29.6 Å². The third-order valence-electron chi connectivity index (χ3n) is 1.82. The molecule has 3 nitrogen and oxygen atoms in total. The van der Waals surface area contributed by atoms with Crippen molar-refractivity contribution in [3.63, 3.8) is 0 Å². The molecule has 1 amide bonds. The van der Waals surface area contributed by atoms with E-state index in [0.29, 0.717) is 5.56 Å². The monoisotopic (exact) mass is 267 g/mol. The minimum atomic E-state index is -3.08. The molecule has 0 saturated carbocycles. The van der Waals surface area contributed by atoms with E-state index in [1.807, 2.05) is 0 Å². The van der Waals surface area contributed by atoms with E-state index in [1.54, 1.807) is 0 Å². The van der Waals surface area contributed by atoms with Crippen LogP contribution in [0.3, 0.4) is 0 Å². The second kappa shape index (κ2) is 6.34. The molecule has 0 bridgehead atoms. The summed E-state index contributed by atoms with van der Waals surface area (Å²) in [5.74, 6) is -2.05. The molecule has 94 valence electrons. The first kappa shape index (κ1) is 13.6. The van der Waals surface area contributed by atoms with E-state index in [0.717, 1.165) is 12.1 Å². The Bertz CT molecular complexity index is 401. The molecule has 0 unspecified atom stereocenters. The summed E-state index contributed by atoms with van der Waals surface area (Å²) >= 11 is 5.24. The molecular weight excluding hydrogens is 259 g/mol. The number of halogens is 4. The third kappa shape index (κ3) is 4.52. The van der Waals surface area contributed by atoms with Crippen LogP contribution < -0.4 is 10.1 Å². The van der Waals surface area contributed by atoms with Crippen LogP contribution in [0.15, 0.2) is 18.2 Å². The second-order valence-corrected chi connectivity index (χ2v) is 3.32. The largest absolute Gasteiger partial charge is 0.432 e. The van der Waals surface area contributed by atoms with Crippen molar-refractivity contribution >= 4 is 17.5 Å². The number of rotatable bonds is 5. The highest BCUT2D eigenvalue weighted by Crippen LogP contribution is 2.20. The fourth-order valence-corrected chi connectivity index (χ4v) is 1.19. The topological polar surface area (TPSA) is 38.3 Å². The third-order valence-corrected chi connectivity index (χ3v) is 2.07. The van der Waals surface area contributed by atoms with E-state index in [2.05, 4.69) is 10.1 Å². The van der Waals surface area contributed by atoms with Crippen molar-refractivity contribution in [3.8, 4) is 5.75 Å². The highest BCUT2D eigenvalue weighted by molar-refractivity contribution is 6.27. The lowest BCUT2D eigenvalue weighted by Crippen LogP contribution is -2.23. The number of carbonyl (C=O) groups is 1. The fourth-order valence-electron chi connectivity index (χ4n) is 1.09. The minimum Gasteiger partial charge on any atom is -0.432 e. The molecule has 0 atom stereocenters. The lowest BCUT2D eigenvalue weighted by Gasteiger charge is -2.08. The molecule has 0 aromatic heterocycles. The molecule has 0 saturated heterocycles. The molecule has 0 aliphatic carbocycles. The van der Waals surface area contributed by atoms with Crippen LogP contribution in [0.4, 0.5) is 13.2 Å². The number of hydrogen-bond acceptors (Lipinski definition) is 2. The summed E-state index contributed by atoms with van der Waals surface area (Å²) in [5, 5.41) is 2.41. The van der Waals surface area contributed by atoms with Crippen LogP contribution >= 0.6 is 11.6 Å². The second-order valence-electron chi connectivity index (χ2n) is 3.05. The van der Waals surface area contributed by atoms with Crippen molar-refractivity contribution in [2.75, 3.05) is 5.88 Å². The number of alkyl halides is 3. The molecule has 0 radical (unpaired) electrons. The van der Waals surface area contributed by atoms with E-state index in [1.165, 1.54) is 6.07 Å². The summed E-state index contributed by atoms with van der Waals surface area (Å²) in [6.07, 6.45) is 0. The summed E-state index contributed by atoms with van der Waals surface area (Å²) in [4.78, 5) is 10.8. The predicted molar refractivity (Wildman–Crippen MR) is 55.6 cm³/mol. The number of nitrogens with one attached hydrogen (secondary N) is 1. The molecule has 17 heavy (non-hydrogen) atoms. The van der Waals surface area contributed by atoms with Gasteiger partial charge in [0.2, 0.25) is 5.91 Å². The highest BCUT2D eigenvalue weighted by atomic mass is 35.5. The molecule has 0 spiro atoms.